The van der Waals surface area contributed by atoms with Crippen molar-refractivity contribution in [1.29, 1.82) is 0 Å². The third-order valence-corrected chi connectivity index (χ3v) is 5.81. The lowest BCUT2D eigenvalue weighted by molar-refractivity contribution is -0.128. The van der Waals surface area contributed by atoms with Crippen LogP contribution in [0.1, 0.15) is 48.6 Å². The molecule has 2 aromatic carbocycles. The van der Waals surface area contributed by atoms with Crippen LogP contribution in [0.3, 0.4) is 0 Å². The number of hydrogen-bond donors (Lipinski definition) is 6. The predicted octanol–water partition coefficient (Wildman–Crippen LogP) is 1.94. The Hall–Kier alpha value is -3.33. The van der Waals surface area contributed by atoms with Crippen molar-refractivity contribution in [1.82, 2.24) is 4.90 Å². The second kappa shape index (κ2) is 7.17. The zero-order valence-electron chi connectivity index (χ0n) is 16.2. The van der Waals surface area contributed by atoms with Crippen LogP contribution in [0.4, 0.5) is 0 Å². The molecule has 0 bridgehead atoms. The van der Waals surface area contributed by atoms with Gasteiger partial charge in [-0.05, 0) is 25.5 Å². The van der Waals surface area contributed by atoms with Crippen molar-refractivity contribution >= 4 is 5.91 Å². The van der Waals surface area contributed by atoms with Gasteiger partial charge in [0.2, 0.25) is 5.91 Å². The summed E-state index contributed by atoms with van der Waals surface area (Å²) in [5.41, 5.74) is 0.846. The number of phenolic OH excluding ortho intramolecular Hbond substituents is 5. The Kier molecular flexibility index (Phi) is 4.77. The summed E-state index contributed by atoms with van der Waals surface area (Å²) in [6.07, 6.45) is -1.43. The highest BCUT2D eigenvalue weighted by Gasteiger charge is 2.40. The lowest BCUT2D eigenvalue weighted by Crippen LogP contribution is -2.32. The molecule has 30 heavy (non-hydrogen) atoms. The number of aromatic hydroxyl groups is 5. The van der Waals surface area contributed by atoms with Crippen molar-refractivity contribution in [3.8, 4) is 34.5 Å². The molecule has 6 N–H and O–H groups in total. The van der Waals surface area contributed by atoms with Gasteiger partial charge in [0.15, 0.2) is 23.4 Å². The van der Waals surface area contributed by atoms with Gasteiger partial charge in [-0.3, -0.25) is 4.79 Å². The van der Waals surface area contributed by atoms with Crippen LogP contribution in [0.25, 0.3) is 0 Å². The highest BCUT2D eigenvalue weighted by atomic mass is 16.5. The molecule has 1 saturated heterocycles. The second-order valence-electron chi connectivity index (χ2n) is 7.59. The molecule has 0 aromatic heterocycles. The largest absolute Gasteiger partial charge is 0.507 e. The molecule has 9 nitrogen and oxygen atoms in total. The molecular weight excluding hydrogens is 394 g/mol. The van der Waals surface area contributed by atoms with E-state index in [-0.39, 0.29) is 35.1 Å². The van der Waals surface area contributed by atoms with Gasteiger partial charge in [-0.1, -0.05) is 0 Å². The first kappa shape index (κ1) is 20.0. The SMILES string of the molecule is CCN1C(=O)CC[C@@H]1c1c(O)cc(O)c2c1O[C@H](c1cc(O)c(O)c(O)c1)[C@H](O)C2. The van der Waals surface area contributed by atoms with Crippen LogP contribution >= 0.6 is 0 Å². The average Bonchev–Trinajstić information content (AvgIpc) is 3.06. The summed E-state index contributed by atoms with van der Waals surface area (Å²) < 4.78 is 6.00. The number of benzene rings is 2. The van der Waals surface area contributed by atoms with Crippen LogP contribution in [0.15, 0.2) is 18.2 Å². The molecule has 1 fully saturated rings. The van der Waals surface area contributed by atoms with Crippen molar-refractivity contribution in [3.05, 3.63) is 34.9 Å². The van der Waals surface area contributed by atoms with Crippen molar-refractivity contribution in [2.45, 2.75) is 44.4 Å². The van der Waals surface area contributed by atoms with E-state index in [1.807, 2.05) is 6.92 Å². The molecule has 2 aliphatic rings. The fourth-order valence-electron chi connectivity index (χ4n) is 4.38. The number of ether oxygens (including phenoxy) is 1. The molecule has 2 heterocycles. The molecule has 4 rings (SSSR count). The van der Waals surface area contributed by atoms with Crippen LogP contribution in [0.5, 0.6) is 34.5 Å². The predicted molar refractivity (Wildman–Crippen MR) is 104 cm³/mol. The highest BCUT2D eigenvalue weighted by molar-refractivity contribution is 5.80. The molecule has 0 unspecified atom stereocenters. The molecule has 3 atom stereocenters. The number of nitrogens with zero attached hydrogens (tertiary/aromatic N) is 1. The molecule has 1 amide bonds. The Morgan fingerprint density at radius 2 is 1.70 bits per heavy atom. The summed E-state index contributed by atoms with van der Waals surface area (Å²) >= 11 is 0. The molecule has 0 saturated carbocycles. The number of likely N-dealkylation sites (tertiary alicyclic amines) is 1. The third-order valence-electron chi connectivity index (χ3n) is 5.81. The lowest BCUT2D eigenvalue weighted by atomic mass is 9.89. The van der Waals surface area contributed by atoms with Crippen molar-refractivity contribution in [2.24, 2.45) is 0 Å². The maximum Gasteiger partial charge on any atom is 0.223 e. The van der Waals surface area contributed by atoms with E-state index in [2.05, 4.69) is 0 Å². The number of hydrogen-bond acceptors (Lipinski definition) is 8. The Morgan fingerprint density at radius 3 is 2.33 bits per heavy atom. The van der Waals surface area contributed by atoms with Crippen LogP contribution in [-0.2, 0) is 11.2 Å². The first-order valence-corrected chi connectivity index (χ1v) is 9.69. The van der Waals surface area contributed by atoms with Gasteiger partial charge in [-0.25, -0.2) is 0 Å². The number of rotatable bonds is 3. The van der Waals surface area contributed by atoms with Gasteiger partial charge in [-0.2, -0.15) is 0 Å². The van der Waals surface area contributed by atoms with Gasteiger partial charge in [0.1, 0.15) is 17.2 Å². The molecule has 0 radical (unpaired) electrons. The average molecular weight is 417 g/mol. The van der Waals surface area contributed by atoms with E-state index >= 15 is 0 Å². The molecule has 2 aliphatic heterocycles. The zero-order valence-corrected chi connectivity index (χ0v) is 16.2. The van der Waals surface area contributed by atoms with Crippen molar-refractivity contribution < 1.29 is 40.2 Å². The minimum absolute atomic E-state index is 0.0195. The van der Waals surface area contributed by atoms with E-state index in [0.29, 0.717) is 30.5 Å². The van der Waals surface area contributed by atoms with Crippen molar-refractivity contribution in [3.63, 3.8) is 0 Å². The number of aliphatic hydroxyl groups excluding tert-OH is 1. The highest BCUT2D eigenvalue weighted by Crippen LogP contribution is 2.51. The first-order valence-electron chi connectivity index (χ1n) is 9.69. The smallest absolute Gasteiger partial charge is 0.223 e. The van der Waals surface area contributed by atoms with E-state index in [0.717, 1.165) is 12.1 Å². The minimum atomic E-state index is -1.14. The molecular formula is C21H23NO8. The minimum Gasteiger partial charge on any atom is -0.507 e. The van der Waals surface area contributed by atoms with E-state index < -0.39 is 35.5 Å². The van der Waals surface area contributed by atoms with Gasteiger partial charge in [0.05, 0.1) is 17.7 Å². The van der Waals surface area contributed by atoms with Crippen LogP contribution in [0.2, 0.25) is 0 Å². The fourth-order valence-corrected chi connectivity index (χ4v) is 4.38. The van der Waals surface area contributed by atoms with Gasteiger partial charge in [-0.15, -0.1) is 0 Å². The summed E-state index contributed by atoms with van der Waals surface area (Å²) in [5.74, 6) is -2.21. The normalized spacial score (nSPS) is 23.3. The lowest BCUT2D eigenvalue weighted by Gasteiger charge is -2.35. The van der Waals surface area contributed by atoms with Crippen LogP contribution in [-0.4, -0.2) is 54.1 Å². The van der Waals surface area contributed by atoms with Gasteiger partial charge in [0, 0.05) is 36.6 Å². The number of carbonyl (C=O) groups excluding carboxylic acids is 1. The topological polar surface area (TPSA) is 151 Å². The standard InChI is InChI=1S/C21H23NO8/c1-2-22-11(3-4-17(22)28)18-13(24)8-12(23)10-7-16(27)20(30-21(10)18)9-5-14(25)19(29)15(26)6-9/h5-6,8,11,16,20,23-27,29H,2-4,7H2,1H3/t11-,16-,20-/m1/s1. The van der Waals surface area contributed by atoms with E-state index in [1.165, 1.54) is 6.07 Å². The number of amides is 1. The molecule has 9 heteroatoms. The zero-order chi connectivity index (χ0) is 21.7. The Morgan fingerprint density at radius 1 is 1.03 bits per heavy atom. The molecule has 0 aliphatic carbocycles. The Bertz CT molecular complexity index is 998. The maximum absolute atomic E-state index is 12.2. The van der Waals surface area contributed by atoms with E-state index in [1.54, 1.807) is 4.90 Å². The van der Waals surface area contributed by atoms with Crippen molar-refractivity contribution in [2.75, 3.05) is 6.54 Å². The summed E-state index contributed by atoms with van der Waals surface area (Å²) in [4.78, 5) is 13.8. The quantitative estimate of drug-likeness (QED) is 0.415. The molecule has 160 valence electrons. The summed E-state index contributed by atoms with van der Waals surface area (Å²) in [6, 6.07) is 3.05. The fraction of sp³-hybridized carbons (Fsp3) is 0.381. The van der Waals surface area contributed by atoms with Crippen LogP contribution < -0.4 is 4.74 Å². The van der Waals surface area contributed by atoms with Gasteiger partial charge < -0.3 is 40.3 Å². The maximum atomic E-state index is 12.2. The Balaban J connectivity index is 1.82. The monoisotopic (exact) mass is 417 g/mol. The number of aliphatic hydroxyl groups is 1. The molecule has 0 spiro atoms. The molecule has 2 aromatic rings. The summed E-state index contributed by atoms with van der Waals surface area (Å²) in [5, 5.41) is 60.8. The van der Waals surface area contributed by atoms with Gasteiger partial charge in [0.25, 0.3) is 0 Å². The van der Waals surface area contributed by atoms with Gasteiger partial charge >= 0.3 is 0 Å². The number of fused-ring (bicyclic) bond motifs is 1. The summed E-state index contributed by atoms with van der Waals surface area (Å²) in [7, 11) is 0. The second-order valence-corrected chi connectivity index (χ2v) is 7.59. The van der Waals surface area contributed by atoms with Crippen LogP contribution in [0, 0.1) is 0 Å². The Labute approximate surface area is 172 Å². The number of phenols is 5. The van der Waals surface area contributed by atoms with E-state index in [9.17, 15) is 35.4 Å². The third kappa shape index (κ3) is 3.02. The van der Waals surface area contributed by atoms with E-state index in [4.69, 9.17) is 4.74 Å². The number of carbonyl (C=O) groups is 1. The summed E-state index contributed by atoms with van der Waals surface area (Å²) in [6.45, 7) is 2.26. The first-order chi connectivity index (χ1) is 14.2.